The molecule has 0 spiro atoms. The molecule has 9 heteroatoms. The van der Waals surface area contributed by atoms with Gasteiger partial charge in [0.15, 0.2) is 0 Å². The quantitative estimate of drug-likeness (QED) is 0.644. The van der Waals surface area contributed by atoms with Gasteiger partial charge in [0, 0.05) is 23.6 Å². The van der Waals surface area contributed by atoms with Crippen molar-refractivity contribution in [1.82, 2.24) is 9.97 Å². The van der Waals surface area contributed by atoms with Gasteiger partial charge < -0.3 is 11.5 Å². The van der Waals surface area contributed by atoms with Crippen molar-refractivity contribution in [3.05, 3.63) is 83.2 Å². The monoisotopic (exact) mass is 411 g/mol. The first-order chi connectivity index (χ1) is 14.2. The van der Waals surface area contributed by atoms with Gasteiger partial charge >= 0.3 is 12.2 Å². The number of carbonyl (C=O) groups excluding carboxylic acids is 1. The van der Waals surface area contributed by atoms with Gasteiger partial charge in [0.1, 0.15) is 0 Å². The zero-order chi connectivity index (χ0) is 21.7. The zero-order valence-electron chi connectivity index (χ0n) is 15.5. The molecular formula is C21H16F3N5O. The number of carbonyl (C=O) groups is 1. The Morgan fingerprint density at radius 2 is 1.67 bits per heavy atom. The van der Waals surface area contributed by atoms with Gasteiger partial charge in [-0.05, 0) is 29.8 Å². The van der Waals surface area contributed by atoms with Gasteiger partial charge in [0.05, 0.1) is 17.7 Å². The van der Waals surface area contributed by atoms with Crippen LogP contribution in [0.25, 0.3) is 0 Å². The minimum Gasteiger partial charge on any atom is -0.368 e. The highest BCUT2D eigenvalue weighted by Gasteiger charge is 2.33. The van der Waals surface area contributed by atoms with Crippen molar-refractivity contribution in [2.75, 3.05) is 10.6 Å². The summed E-state index contributed by atoms with van der Waals surface area (Å²) < 4.78 is 39.8. The van der Waals surface area contributed by atoms with Crippen LogP contribution < -0.4 is 16.4 Å². The lowest BCUT2D eigenvalue weighted by Gasteiger charge is -2.23. The van der Waals surface area contributed by atoms with Gasteiger partial charge in [-0.2, -0.15) is 13.2 Å². The van der Waals surface area contributed by atoms with Crippen LogP contribution in [-0.4, -0.2) is 16.0 Å². The minimum absolute atomic E-state index is 0.0701. The summed E-state index contributed by atoms with van der Waals surface area (Å²) in [5, 5.41) is 0. The number of primary amides is 1. The van der Waals surface area contributed by atoms with Crippen LogP contribution in [0.1, 0.15) is 22.3 Å². The normalized spacial score (nSPS) is 10.8. The standard InChI is InChI=1S/C21H16F3N5O/c22-21(23,24)18-7-2-1-5-16(18)13-29(20(26)30)17-6-3-4-14(10-17)8-9-15-11-27-19(25)28-12-15/h1-7,10-12H,13H2,(H2,26,30)(H2,25,27,28). The molecule has 0 radical (unpaired) electrons. The van der Waals surface area contributed by atoms with Crippen LogP contribution in [0.3, 0.4) is 0 Å². The number of aromatic nitrogens is 2. The number of nitrogens with two attached hydrogens (primary N) is 2. The lowest BCUT2D eigenvalue weighted by Crippen LogP contribution is -2.35. The van der Waals surface area contributed by atoms with Crippen LogP contribution in [-0.2, 0) is 12.7 Å². The highest BCUT2D eigenvalue weighted by atomic mass is 19.4. The van der Waals surface area contributed by atoms with Crippen molar-refractivity contribution in [3.63, 3.8) is 0 Å². The largest absolute Gasteiger partial charge is 0.416 e. The number of hydrogen-bond donors (Lipinski definition) is 2. The average molecular weight is 411 g/mol. The molecule has 0 aliphatic carbocycles. The second-order valence-corrected chi connectivity index (χ2v) is 6.21. The number of amides is 2. The SMILES string of the molecule is NC(=O)N(Cc1ccccc1C(F)(F)F)c1cccc(C#Cc2cnc(N)nc2)c1. The van der Waals surface area contributed by atoms with Gasteiger partial charge in [0.25, 0.3) is 0 Å². The van der Waals surface area contributed by atoms with Crippen LogP contribution in [0.5, 0.6) is 0 Å². The molecule has 3 rings (SSSR count). The summed E-state index contributed by atoms with van der Waals surface area (Å²) in [7, 11) is 0. The molecule has 0 fully saturated rings. The fourth-order valence-electron chi connectivity index (χ4n) is 2.70. The molecule has 0 aliphatic rings. The third kappa shape index (κ3) is 5.05. The summed E-state index contributed by atoms with van der Waals surface area (Å²) in [6.45, 7) is -0.340. The van der Waals surface area contributed by atoms with Crippen molar-refractivity contribution in [2.24, 2.45) is 5.73 Å². The summed E-state index contributed by atoms with van der Waals surface area (Å²) in [6.07, 6.45) is -1.62. The van der Waals surface area contributed by atoms with Crippen LogP contribution in [0.15, 0.2) is 60.9 Å². The smallest absolute Gasteiger partial charge is 0.368 e. The van der Waals surface area contributed by atoms with E-state index < -0.39 is 17.8 Å². The van der Waals surface area contributed by atoms with Crippen LogP contribution in [0.4, 0.5) is 29.6 Å². The Balaban J connectivity index is 1.91. The molecule has 2 aromatic carbocycles. The van der Waals surface area contributed by atoms with E-state index in [1.165, 1.54) is 30.6 Å². The Kier molecular flexibility index (Phi) is 5.88. The van der Waals surface area contributed by atoms with E-state index >= 15 is 0 Å². The van der Waals surface area contributed by atoms with Crippen LogP contribution in [0.2, 0.25) is 0 Å². The van der Waals surface area contributed by atoms with Gasteiger partial charge in [0.2, 0.25) is 5.95 Å². The van der Waals surface area contributed by atoms with Crippen LogP contribution >= 0.6 is 0 Å². The molecule has 0 saturated heterocycles. The molecule has 0 atom stereocenters. The topological polar surface area (TPSA) is 98.1 Å². The molecule has 0 saturated carbocycles. The predicted molar refractivity (Wildman–Crippen MR) is 106 cm³/mol. The molecule has 152 valence electrons. The number of rotatable bonds is 3. The van der Waals surface area contributed by atoms with E-state index in [1.807, 2.05) is 0 Å². The fraction of sp³-hybridized carbons (Fsp3) is 0.0952. The Bertz CT molecular complexity index is 1120. The maximum Gasteiger partial charge on any atom is 0.416 e. The van der Waals surface area contributed by atoms with E-state index in [0.717, 1.165) is 11.0 Å². The predicted octanol–water partition coefficient (Wildman–Crippen LogP) is 3.56. The summed E-state index contributed by atoms with van der Waals surface area (Å²) >= 11 is 0. The number of hydrogen-bond acceptors (Lipinski definition) is 4. The first-order valence-electron chi connectivity index (χ1n) is 8.66. The number of anilines is 2. The molecule has 1 aromatic heterocycles. The second-order valence-electron chi connectivity index (χ2n) is 6.21. The summed E-state index contributed by atoms with van der Waals surface area (Å²) in [4.78, 5) is 20.7. The molecule has 2 amide bonds. The van der Waals surface area contributed by atoms with Gasteiger partial charge in [-0.3, -0.25) is 4.90 Å². The molecule has 0 aliphatic heterocycles. The van der Waals surface area contributed by atoms with Crippen molar-refractivity contribution in [3.8, 4) is 11.8 Å². The van der Waals surface area contributed by atoms with Crippen molar-refractivity contribution >= 4 is 17.7 Å². The lowest BCUT2D eigenvalue weighted by atomic mass is 10.1. The Labute approximate surface area is 170 Å². The molecule has 6 nitrogen and oxygen atoms in total. The summed E-state index contributed by atoms with van der Waals surface area (Å²) in [5.41, 5.74) is 11.4. The van der Waals surface area contributed by atoms with E-state index in [1.54, 1.807) is 24.3 Å². The van der Waals surface area contributed by atoms with E-state index in [2.05, 4.69) is 21.8 Å². The highest BCUT2D eigenvalue weighted by Crippen LogP contribution is 2.33. The Morgan fingerprint density at radius 1 is 1.00 bits per heavy atom. The number of halogens is 3. The maximum absolute atomic E-state index is 13.3. The third-order valence-electron chi connectivity index (χ3n) is 4.10. The number of urea groups is 1. The Morgan fingerprint density at radius 3 is 2.33 bits per heavy atom. The number of nitrogens with zero attached hydrogens (tertiary/aromatic N) is 3. The molecule has 0 unspecified atom stereocenters. The number of alkyl halides is 3. The van der Waals surface area contributed by atoms with Gasteiger partial charge in [-0.15, -0.1) is 0 Å². The maximum atomic E-state index is 13.3. The van der Waals surface area contributed by atoms with Crippen LogP contribution in [0, 0.1) is 11.8 Å². The molecule has 3 aromatic rings. The third-order valence-corrected chi connectivity index (χ3v) is 4.10. The van der Waals surface area contributed by atoms with E-state index in [4.69, 9.17) is 11.5 Å². The molecule has 1 heterocycles. The van der Waals surface area contributed by atoms with E-state index in [9.17, 15) is 18.0 Å². The molecule has 0 bridgehead atoms. The number of benzene rings is 2. The number of nitrogen functional groups attached to an aromatic ring is 1. The average Bonchev–Trinajstić information content (AvgIpc) is 2.71. The van der Waals surface area contributed by atoms with Gasteiger partial charge in [-0.25, -0.2) is 14.8 Å². The first-order valence-corrected chi connectivity index (χ1v) is 8.66. The molecule has 30 heavy (non-hydrogen) atoms. The molecular weight excluding hydrogens is 395 g/mol. The molecule has 4 N–H and O–H groups in total. The summed E-state index contributed by atoms with van der Waals surface area (Å²) in [5.74, 6) is 5.86. The summed E-state index contributed by atoms with van der Waals surface area (Å²) in [6, 6.07) is 10.6. The first kappa shape index (κ1) is 20.7. The van der Waals surface area contributed by atoms with E-state index in [0.29, 0.717) is 16.8 Å². The van der Waals surface area contributed by atoms with Crippen molar-refractivity contribution < 1.29 is 18.0 Å². The highest BCUT2D eigenvalue weighted by molar-refractivity contribution is 5.90. The zero-order valence-corrected chi connectivity index (χ0v) is 15.5. The second kappa shape index (κ2) is 8.53. The van der Waals surface area contributed by atoms with Crippen molar-refractivity contribution in [2.45, 2.75) is 12.7 Å². The Hall–Kier alpha value is -4.06. The van der Waals surface area contributed by atoms with Gasteiger partial charge in [-0.1, -0.05) is 36.1 Å². The van der Waals surface area contributed by atoms with E-state index in [-0.39, 0.29) is 18.1 Å². The lowest BCUT2D eigenvalue weighted by molar-refractivity contribution is -0.138. The van der Waals surface area contributed by atoms with Crippen molar-refractivity contribution in [1.29, 1.82) is 0 Å². The fourth-order valence-corrected chi connectivity index (χ4v) is 2.70. The minimum atomic E-state index is -4.55.